The van der Waals surface area contributed by atoms with Crippen LogP contribution in [0.25, 0.3) is 11.0 Å². The van der Waals surface area contributed by atoms with Gasteiger partial charge in [-0.3, -0.25) is 9.59 Å². The topological polar surface area (TPSA) is 71.3 Å². The minimum absolute atomic E-state index is 0.0976. The van der Waals surface area contributed by atoms with Gasteiger partial charge in [-0.05, 0) is 45.0 Å². The zero-order valence-electron chi connectivity index (χ0n) is 14.4. The van der Waals surface area contributed by atoms with Gasteiger partial charge in [0.05, 0.1) is 0 Å². The molecule has 3 rings (SSSR count). The van der Waals surface area contributed by atoms with E-state index in [0.717, 1.165) is 0 Å². The van der Waals surface area contributed by atoms with Crippen molar-refractivity contribution in [3.63, 3.8) is 0 Å². The molecule has 1 aromatic heterocycles. The molecule has 25 heavy (non-hydrogen) atoms. The predicted octanol–water partition coefficient (Wildman–Crippen LogP) is 4.21. The lowest BCUT2D eigenvalue weighted by Crippen LogP contribution is -2.40. The Hall–Kier alpha value is -3.08. The fraction of sp³-hybridized carbons (Fsp3) is 0.200. The highest BCUT2D eigenvalue weighted by Crippen LogP contribution is 2.31. The van der Waals surface area contributed by atoms with Crippen LogP contribution in [0.4, 0.5) is 5.69 Å². The molecule has 2 amide bonds. The fourth-order valence-electron chi connectivity index (χ4n) is 2.50. The maximum absolute atomic E-state index is 12.6. The molecule has 5 heteroatoms. The monoisotopic (exact) mass is 336 g/mol. The molecule has 128 valence electrons. The van der Waals surface area contributed by atoms with Crippen LogP contribution in [0.15, 0.2) is 59.0 Å². The molecule has 0 radical (unpaired) electrons. The Morgan fingerprint density at radius 2 is 1.52 bits per heavy atom. The summed E-state index contributed by atoms with van der Waals surface area (Å²) >= 11 is 0. The average Bonchev–Trinajstić information content (AvgIpc) is 2.93. The Labute approximate surface area is 146 Å². The van der Waals surface area contributed by atoms with Gasteiger partial charge in [-0.1, -0.05) is 30.3 Å². The van der Waals surface area contributed by atoms with Gasteiger partial charge in [0.15, 0.2) is 0 Å². The predicted molar refractivity (Wildman–Crippen MR) is 97.8 cm³/mol. The van der Waals surface area contributed by atoms with Crippen LogP contribution in [0, 0.1) is 0 Å². The van der Waals surface area contributed by atoms with E-state index in [1.807, 2.05) is 45.0 Å². The maximum atomic E-state index is 12.6. The molecule has 0 aliphatic carbocycles. The highest BCUT2D eigenvalue weighted by Gasteiger charge is 2.25. The Bertz CT molecular complexity index is 921. The van der Waals surface area contributed by atoms with Gasteiger partial charge in [-0.15, -0.1) is 0 Å². The number of para-hydroxylation sites is 1. The summed E-state index contributed by atoms with van der Waals surface area (Å²) in [6.45, 7) is 5.65. The van der Waals surface area contributed by atoms with Crippen molar-refractivity contribution in [2.24, 2.45) is 0 Å². The molecule has 0 fully saturated rings. The molecular weight excluding hydrogens is 316 g/mol. The van der Waals surface area contributed by atoms with Gasteiger partial charge < -0.3 is 15.1 Å². The van der Waals surface area contributed by atoms with Crippen molar-refractivity contribution < 1.29 is 14.0 Å². The van der Waals surface area contributed by atoms with Gasteiger partial charge in [0.2, 0.25) is 5.76 Å². The molecule has 0 atom stereocenters. The number of benzene rings is 2. The minimum Gasteiger partial charge on any atom is -0.449 e. The first-order chi connectivity index (χ1) is 11.8. The summed E-state index contributed by atoms with van der Waals surface area (Å²) in [4.78, 5) is 25.1. The Morgan fingerprint density at radius 3 is 2.20 bits per heavy atom. The first-order valence-electron chi connectivity index (χ1n) is 8.05. The van der Waals surface area contributed by atoms with Crippen LogP contribution in [-0.4, -0.2) is 17.4 Å². The third kappa shape index (κ3) is 3.71. The van der Waals surface area contributed by atoms with Gasteiger partial charge in [-0.2, -0.15) is 0 Å². The third-order valence-electron chi connectivity index (χ3n) is 3.56. The smallest absolute Gasteiger partial charge is 0.289 e. The number of carbonyl (C=O) groups is 2. The highest BCUT2D eigenvalue weighted by atomic mass is 16.3. The van der Waals surface area contributed by atoms with Crippen LogP contribution >= 0.6 is 0 Å². The van der Waals surface area contributed by atoms with Gasteiger partial charge >= 0.3 is 0 Å². The summed E-state index contributed by atoms with van der Waals surface area (Å²) in [5.41, 5.74) is 1.02. The zero-order chi connectivity index (χ0) is 18.0. The van der Waals surface area contributed by atoms with E-state index in [1.54, 1.807) is 30.3 Å². The lowest BCUT2D eigenvalue weighted by molar-refractivity contribution is 0.0894. The van der Waals surface area contributed by atoms with E-state index in [-0.39, 0.29) is 17.6 Å². The molecule has 0 bridgehead atoms. The van der Waals surface area contributed by atoms with Crippen molar-refractivity contribution >= 4 is 28.5 Å². The fourth-order valence-corrected chi connectivity index (χ4v) is 2.50. The lowest BCUT2D eigenvalue weighted by Gasteiger charge is -2.20. The summed E-state index contributed by atoms with van der Waals surface area (Å²) in [5, 5.41) is 6.37. The molecule has 2 aromatic carbocycles. The molecule has 0 aliphatic rings. The highest BCUT2D eigenvalue weighted by molar-refractivity contribution is 6.14. The molecule has 5 nitrogen and oxygen atoms in total. The van der Waals surface area contributed by atoms with E-state index in [1.165, 1.54) is 0 Å². The summed E-state index contributed by atoms with van der Waals surface area (Å²) in [6.07, 6.45) is 0. The molecule has 2 N–H and O–H groups in total. The SMILES string of the molecule is CC(C)(C)NC(=O)c1oc2ccccc2c1NC(=O)c1ccccc1. The molecule has 3 aromatic rings. The second kappa shape index (κ2) is 6.43. The molecule has 0 unspecified atom stereocenters. The molecule has 0 saturated carbocycles. The van der Waals surface area contributed by atoms with Gasteiger partial charge in [-0.25, -0.2) is 0 Å². The van der Waals surface area contributed by atoms with Crippen LogP contribution in [0.1, 0.15) is 41.7 Å². The lowest BCUT2D eigenvalue weighted by atomic mass is 10.1. The van der Waals surface area contributed by atoms with Crippen LogP contribution in [0.2, 0.25) is 0 Å². The first-order valence-corrected chi connectivity index (χ1v) is 8.05. The quantitative estimate of drug-likeness (QED) is 0.752. The number of furan rings is 1. The number of fused-ring (bicyclic) bond motifs is 1. The largest absolute Gasteiger partial charge is 0.449 e. The number of hydrogen-bond donors (Lipinski definition) is 2. The van der Waals surface area contributed by atoms with Gasteiger partial charge in [0, 0.05) is 16.5 Å². The van der Waals surface area contributed by atoms with Crippen LogP contribution in [0.3, 0.4) is 0 Å². The Kier molecular flexibility index (Phi) is 4.31. The normalized spacial score (nSPS) is 11.3. The van der Waals surface area contributed by atoms with Crippen molar-refractivity contribution in [2.45, 2.75) is 26.3 Å². The molecule has 0 saturated heterocycles. The average molecular weight is 336 g/mol. The van der Waals surface area contributed by atoms with E-state index >= 15 is 0 Å². The zero-order valence-corrected chi connectivity index (χ0v) is 14.4. The summed E-state index contributed by atoms with van der Waals surface area (Å²) < 4.78 is 5.72. The van der Waals surface area contributed by atoms with Crippen molar-refractivity contribution in [3.8, 4) is 0 Å². The van der Waals surface area contributed by atoms with Crippen molar-refractivity contribution in [1.29, 1.82) is 0 Å². The number of nitrogens with one attached hydrogen (secondary N) is 2. The maximum Gasteiger partial charge on any atom is 0.289 e. The Morgan fingerprint density at radius 1 is 0.880 bits per heavy atom. The van der Waals surface area contributed by atoms with E-state index < -0.39 is 5.54 Å². The van der Waals surface area contributed by atoms with E-state index in [9.17, 15) is 9.59 Å². The molecule has 0 spiro atoms. The van der Waals surface area contributed by atoms with Crippen LogP contribution in [-0.2, 0) is 0 Å². The van der Waals surface area contributed by atoms with E-state index in [4.69, 9.17) is 4.42 Å². The van der Waals surface area contributed by atoms with Crippen molar-refractivity contribution in [3.05, 3.63) is 65.9 Å². The second-order valence-electron chi connectivity index (χ2n) is 6.83. The first kappa shape index (κ1) is 16.8. The van der Waals surface area contributed by atoms with E-state index in [0.29, 0.717) is 22.2 Å². The number of amides is 2. The van der Waals surface area contributed by atoms with E-state index in [2.05, 4.69) is 10.6 Å². The third-order valence-corrected chi connectivity index (χ3v) is 3.56. The van der Waals surface area contributed by atoms with Crippen molar-refractivity contribution in [2.75, 3.05) is 5.32 Å². The Balaban J connectivity index is 2.02. The number of hydrogen-bond acceptors (Lipinski definition) is 3. The molecule has 1 heterocycles. The number of carbonyl (C=O) groups excluding carboxylic acids is 2. The molecular formula is C20H20N2O3. The van der Waals surface area contributed by atoms with Gasteiger partial charge in [0.1, 0.15) is 11.3 Å². The minimum atomic E-state index is -0.420. The summed E-state index contributed by atoms with van der Waals surface area (Å²) in [6, 6.07) is 16.1. The number of rotatable bonds is 3. The molecule has 0 aliphatic heterocycles. The standard InChI is InChI=1S/C20H20N2O3/c1-20(2,3)22-19(24)17-16(14-11-7-8-12-15(14)25-17)21-18(23)13-9-5-4-6-10-13/h4-12H,1-3H3,(H,21,23)(H,22,24). The summed E-state index contributed by atoms with van der Waals surface area (Å²) in [5.74, 6) is -0.565. The van der Waals surface area contributed by atoms with Gasteiger partial charge in [0.25, 0.3) is 11.8 Å². The number of anilines is 1. The second-order valence-corrected chi connectivity index (χ2v) is 6.83. The van der Waals surface area contributed by atoms with Crippen molar-refractivity contribution in [1.82, 2.24) is 5.32 Å². The van der Waals surface area contributed by atoms with Crippen LogP contribution in [0.5, 0.6) is 0 Å². The summed E-state index contributed by atoms with van der Waals surface area (Å²) in [7, 11) is 0. The van der Waals surface area contributed by atoms with Crippen LogP contribution < -0.4 is 10.6 Å².